The molecule has 0 fully saturated rings. The Labute approximate surface area is 60.6 Å². The number of aliphatic carboxylic acids is 1. The van der Waals surface area contributed by atoms with E-state index in [-0.39, 0.29) is 0 Å². The van der Waals surface area contributed by atoms with Gasteiger partial charge in [-0.25, -0.2) is 0 Å². The van der Waals surface area contributed by atoms with Gasteiger partial charge in [0.1, 0.15) is 0 Å². The third kappa shape index (κ3) is 4.57. The molecule has 1 atom stereocenters. The van der Waals surface area contributed by atoms with Crippen molar-refractivity contribution in [1.29, 1.82) is 0 Å². The summed E-state index contributed by atoms with van der Waals surface area (Å²) in [4.78, 5) is 9.89. The van der Waals surface area contributed by atoms with Crippen LogP contribution in [0.4, 0.5) is 0 Å². The minimum atomic E-state index is -3.89. The molecule has 0 amide bonds. The van der Waals surface area contributed by atoms with Gasteiger partial charge in [0.25, 0.3) is 0 Å². The molecule has 0 aromatic carbocycles. The first-order valence-corrected chi connectivity index (χ1v) is 5.27. The monoisotopic (exact) mass is 212 g/mol. The summed E-state index contributed by atoms with van der Waals surface area (Å²) in [6.45, 7) is 1.21. The van der Waals surface area contributed by atoms with Crippen molar-refractivity contribution < 1.29 is 41.3 Å². The molecule has 0 aliphatic rings. The van der Waals surface area contributed by atoms with Gasteiger partial charge < -0.3 is 0 Å². The van der Waals surface area contributed by atoms with Gasteiger partial charge in [-0.15, -0.1) is 0 Å². The zero-order valence-corrected chi connectivity index (χ0v) is 7.15. The van der Waals surface area contributed by atoms with Crippen molar-refractivity contribution >= 4 is 5.97 Å². The first-order chi connectivity index (χ1) is 4.04. The van der Waals surface area contributed by atoms with Crippen LogP contribution in [0, 0.1) is 0 Å². The summed E-state index contributed by atoms with van der Waals surface area (Å²) in [5, 5.41) is 8.09. The van der Waals surface area contributed by atoms with Crippen molar-refractivity contribution in [2.45, 2.75) is 13.0 Å². The van der Waals surface area contributed by atoms with Crippen LogP contribution < -0.4 is 0 Å². The number of carbonyl (C=O) groups is 1. The summed E-state index contributed by atoms with van der Waals surface area (Å²) >= 11 is -3.89. The molecule has 0 saturated carbocycles. The van der Waals surface area contributed by atoms with E-state index in [9.17, 15) is 7.61 Å². The predicted octanol–water partition coefficient (Wildman–Crippen LogP) is -0.738. The van der Waals surface area contributed by atoms with Crippen molar-refractivity contribution in [2.75, 3.05) is 0 Å². The second-order valence-electron chi connectivity index (χ2n) is 1.36. The Balaban J connectivity index is 3.63. The molecule has 6 heteroatoms. The molecule has 9 heavy (non-hydrogen) atoms. The zero-order chi connectivity index (χ0) is 7.44. The van der Waals surface area contributed by atoms with Crippen LogP contribution in [0.15, 0.2) is 0 Å². The molecule has 0 aliphatic carbocycles. The van der Waals surface area contributed by atoms with Crippen LogP contribution in [0.3, 0.4) is 0 Å². The van der Waals surface area contributed by atoms with E-state index < -0.39 is 34.7 Å². The molecule has 0 aromatic rings. The molecule has 0 aliphatic heterocycles. The van der Waals surface area contributed by atoms with E-state index in [1.807, 2.05) is 0 Å². The standard InChI is InChI=1S/C3H5O3.H2O.O.Zr/c1-2(4)3(5)6;;;/h2H,1H3,(H,5,6);1H2;;/q-1;;;+2/p-1. The van der Waals surface area contributed by atoms with Crippen molar-refractivity contribution in [3.05, 3.63) is 0 Å². The molecular formula is C3H6O5Zr. The first kappa shape index (κ1) is 9.07. The second kappa shape index (κ2) is 3.98. The van der Waals surface area contributed by atoms with E-state index >= 15 is 0 Å². The number of carboxylic acid groups (broad SMARTS) is 1. The maximum absolute atomic E-state index is 9.91. The van der Waals surface area contributed by atoms with Gasteiger partial charge in [0, 0.05) is 0 Å². The van der Waals surface area contributed by atoms with Gasteiger partial charge in [-0.3, -0.25) is 0 Å². The molecule has 0 saturated heterocycles. The van der Waals surface area contributed by atoms with Gasteiger partial charge >= 0.3 is 60.3 Å². The SMILES string of the molecule is CC([O][Zr](=[O])[OH])C(=O)O. The van der Waals surface area contributed by atoms with E-state index in [1.165, 1.54) is 6.92 Å². The van der Waals surface area contributed by atoms with Crippen molar-refractivity contribution in [1.82, 2.24) is 0 Å². The Morgan fingerprint density at radius 3 is 2.33 bits per heavy atom. The molecule has 0 radical (unpaired) electrons. The molecule has 5 nitrogen and oxygen atoms in total. The van der Waals surface area contributed by atoms with E-state index in [1.54, 1.807) is 0 Å². The average Bonchev–Trinajstić information content (AvgIpc) is 1.63. The third-order valence-corrected chi connectivity index (χ3v) is 1.99. The first-order valence-electron chi connectivity index (χ1n) is 2.16. The topological polar surface area (TPSA) is 83.8 Å². The molecule has 2 N–H and O–H groups in total. The fraction of sp³-hybridized carbons (Fsp3) is 0.667. The van der Waals surface area contributed by atoms with Crippen LogP contribution in [-0.4, -0.2) is 20.4 Å². The van der Waals surface area contributed by atoms with Crippen LogP contribution in [0.1, 0.15) is 6.92 Å². The number of rotatable bonds is 3. The van der Waals surface area contributed by atoms with Crippen LogP contribution in [-0.2, 0) is 33.1 Å². The van der Waals surface area contributed by atoms with Crippen molar-refractivity contribution in [3.8, 4) is 0 Å². The Morgan fingerprint density at radius 2 is 2.22 bits per heavy atom. The van der Waals surface area contributed by atoms with E-state index in [2.05, 4.69) is 2.81 Å². The van der Waals surface area contributed by atoms with Gasteiger partial charge in [-0.1, -0.05) is 0 Å². The summed E-state index contributed by atoms with van der Waals surface area (Å²) in [5.74, 6) is -1.22. The fourth-order valence-electron chi connectivity index (χ4n) is 0.202. The minimum absolute atomic E-state index is 1.16. The van der Waals surface area contributed by atoms with Crippen LogP contribution in [0.2, 0.25) is 0 Å². The number of hydrogen-bond acceptors (Lipinski definition) is 3. The average molecular weight is 213 g/mol. The summed E-state index contributed by atoms with van der Waals surface area (Å²) < 4.78 is 22.1. The van der Waals surface area contributed by atoms with Crippen LogP contribution in [0.5, 0.6) is 0 Å². The van der Waals surface area contributed by atoms with E-state index in [0.29, 0.717) is 0 Å². The zero-order valence-electron chi connectivity index (χ0n) is 4.70. The molecule has 1 unspecified atom stereocenters. The summed E-state index contributed by atoms with van der Waals surface area (Å²) in [6, 6.07) is 0. The molecule has 0 bridgehead atoms. The van der Waals surface area contributed by atoms with Crippen LogP contribution >= 0.6 is 0 Å². The Bertz CT molecular complexity index is 132. The molecule has 0 rings (SSSR count). The molecule has 0 heterocycles. The summed E-state index contributed by atoms with van der Waals surface area (Å²) in [7, 11) is 0. The van der Waals surface area contributed by atoms with Gasteiger partial charge in [0.15, 0.2) is 0 Å². The maximum atomic E-state index is 9.91. The Kier molecular flexibility index (Phi) is 4.01. The quantitative estimate of drug-likeness (QED) is 0.645. The summed E-state index contributed by atoms with van der Waals surface area (Å²) in [6.07, 6.45) is -1.16. The van der Waals surface area contributed by atoms with Crippen LogP contribution in [0.25, 0.3) is 0 Å². The van der Waals surface area contributed by atoms with Gasteiger partial charge in [-0.2, -0.15) is 0 Å². The Hall–Kier alpha value is 0.0731. The summed E-state index contributed by atoms with van der Waals surface area (Å²) in [5.41, 5.74) is 0. The van der Waals surface area contributed by atoms with Gasteiger partial charge in [0.2, 0.25) is 0 Å². The number of hydrogen-bond donors (Lipinski definition) is 2. The molecule has 0 spiro atoms. The number of carboxylic acids is 1. The van der Waals surface area contributed by atoms with Crippen molar-refractivity contribution in [2.24, 2.45) is 0 Å². The predicted molar refractivity (Wildman–Crippen MR) is 21.1 cm³/mol. The molecular weight excluding hydrogens is 207 g/mol. The molecule has 52 valence electrons. The van der Waals surface area contributed by atoms with E-state index in [4.69, 9.17) is 8.29 Å². The Morgan fingerprint density at radius 1 is 1.78 bits per heavy atom. The van der Waals surface area contributed by atoms with Gasteiger partial charge in [-0.05, 0) is 0 Å². The second-order valence-corrected chi connectivity index (χ2v) is 3.25. The van der Waals surface area contributed by atoms with E-state index in [0.717, 1.165) is 0 Å². The normalized spacial score (nSPS) is 12.7. The fourth-order valence-corrected chi connectivity index (χ4v) is 1.19. The molecule has 0 aromatic heterocycles. The third-order valence-electron chi connectivity index (χ3n) is 0.625. The van der Waals surface area contributed by atoms with Gasteiger partial charge in [0.05, 0.1) is 0 Å². The van der Waals surface area contributed by atoms with Crippen molar-refractivity contribution in [3.63, 3.8) is 0 Å².